The Morgan fingerprint density at radius 1 is 0.811 bits per heavy atom. The Labute approximate surface area is 215 Å². The zero-order chi connectivity index (χ0) is 26.1. The van der Waals surface area contributed by atoms with Crippen LogP contribution in [-0.4, -0.2) is 45.9 Å². The lowest BCUT2D eigenvalue weighted by Crippen LogP contribution is -2.37. The van der Waals surface area contributed by atoms with Crippen molar-refractivity contribution in [1.82, 2.24) is 0 Å². The van der Waals surface area contributed by atoms with Gasteiger partial charge >= 0.3 is 0 Å². The summed E-state index contributed by atoms with van der Waals surface area (Å²) >= 11 is 0. The van der Waals surface area contributed by atoms with E-state index in [1.807, 2.05) is 43.3 Å². The van der Waals surface area contributed by atoms with Crippen LogP contribution in [0.3, 0.4) is 0 Å². The molecule has 0 aliphatic carbocycles. The molecule has 2 aliphatic rings. The normalized spacial score (nSPS) is 20.7. The predicted octanol–water partition coefficient (Wildman–Crippen LogP) is 4.16. The number of carbonyl (C=O) groups is 2. The van der Waals surface area contributed by atoms with Gasteiger partial charge in [0.15, 0.2) is 17.6 Å². The first-order valence-electron chi connectivity index (χ1n) is 11.9. The highest BCUT2D eigenvalue weighted by Crippen LogP contribution is 2.52. The molecule has 2 fully saturated rings. The van der Waals surface area contributed by atoms with Crippen molar-refractivity contribution in [3.8, 4) is 23.0 Å². The molecule has 2 heterocycles. The van der Waals surface area contributed by atoms with E-state index in [1.54, 1.807) is 35.4 Å². The van der Waals surface area contributed by atoms with Crippen LogP contribution in [0.4, 0.5) is 11.4 Å². The Morgan fingerprint density at radius 3 is 2.22 bits per heavy atom. The van der Waals surface area contributed by atoms with Gasteiger partial charge in [0.05, 0.1) is 39.3 Å². The molecule has 3 atom stereocenters. The van der Waals surface area contributed by atoms with Crippen LogP contribution in [0.2, 0.25) is 0 Å². The number of methoxy groups -OCH3 is 3. The minimum atomic E-state index is -1.02. The smallest absolute Gasteiger partial charge is 0.266 e. The van der Waals surface area contributed by atoms with Crippen LogP contribution in [0.15, 0.2) is 66.7 Å². The standard InChI is InChI=1S/C28H28N2O7/c1-5-36-19-13-9-12-18(16-19)29-27(31)22-23(20-14-15-21(33-2)25(35-4)24(20)34-3)30(37-26(22)28(29)32)17-10-7-6-8-11-17/h6-16,22-23,26H,5H2,1-4H3/t22-,23-,26+/m0/s1. The van der Waals surface area contributed by atoms with Gasteiger partial charge in [-0.05, 0) is 43.3 Å². The summed E-state index contributed by atoms with van der Waals surface area (Å²) in [4.78, 5) is 35.0. The molecule has 0 bridgehead atoms. The van der Waals surface area contributed by atoms with Gasteiger partial charge in [0.2, 0.25) is 11.7 Å². The fourth-order valence-electron chi connectivity index (χ4n) is 5.02. The Bertz CT molecular complexity index is 1310. The number of hydroxylamine groups is 1. The van der Waals surface area contributed by atoms with Gasteiger partial charge in [0, 0.05) is 11.6 Å². The van der Waals surface area contributed by atoms with Gasteiger partial charge in [-0.2, -0.15) is 0 Å². The predicted molar refractivity (Wildman–Crippen MR) is 136 cm³/mol. The van der Waals surface area contributed by atoms with E-state index in [0.29, 0.717) is 46.5 Å². The molecule has 3 aromatic carbocycles. The lowest BCUT2D eigenvalue weighted by molar-refractivity contribution is -0.126. The minimum Gasteiger partial charge on any atom is -0.494 e. The number of nitrogens with zero attached hydrogens (tertiary/aromatic N) is 2. The van der Waals surface area contributed by atoms with Crippen molar-refractivity contribution in [2.45, 2.75) is 19.1 Å². The van der Waals surface area contributed by atoms with Crippen molar-refractivity contribution >= 4 is 23.2 Å². The quantitative estimate of drug-likeness (QED) is 0.423. The molecule has 3 aromatic rings. The van der Waals surface area contributed by atoms with Crippen LogP contribution in [0.5, 0.6) is 23.0 Å². The zero-order valence-corrected chi connectivity index (χ0v) is 21.0. The second-order valence-electron chi connectivity index (χ2n) is 8.52. The highest BCUT2D eigenvalue weighted by atomic mass is 16.7. The van der Waals surface area contributed by atoms with Crippen molar-refractivity contribution in [3.63, 3.8) is 0 Å². The number of ether oxygens (including phenoxy) is 4. The van der Waals surface area contributed by atoms with Crippen LogP contribution in [0, 0.1) is 5.92 Å². The third-order valence-electron chi connectivity index (χ3n) is 6.57. The fourth-order valence-corrected chi connectivity index (χ4v) is 5.02. The number of benzene rings is 3. The molecule has 2 amide bonds. The highest BCUT2D eigenvalue weighted by Gasteiger charge is 2.61. The number of amides is 2. The Kier molecular flexibility index (Phi) is 6.62. The van der Waals surface area contributed by atoms with E-state index in [4.69, 9.17) is 23.8 Å². The molecule has 9 heteroatoms. The molecule has 0 radical (unpaired) electrons. The summed E-state index contributed by atoms with van der Waals surface area (Å²) in [5, 5.41) is 1.61. The van der Waals surface area contributed by atoms with Crippen molar-refractivity contribution in [3.05, 3.63) is 72.3 Å². The molecule has 2 saturated heterocycles. The first kappa shape index (κ1) is 24.5. The third kappa shape index (κ3) is 4.01. The lowest BCUT2D eigenvalue weighted by atomic mass is 9.89. The second-order valence-corrected chi connectivity index (χ2v) is 8.52. The largest absolute Gasteiger partial charge is 0.494 e. The maximum Gasteiger partial charge on any atom is 0.266 e. The molecule has 0 spiro atoms. The Balaban J connectivity index is 1.63. The van der Waals surface area contributed by atoms with Crippen molar-refractivity contribution in [1.29, 1.82) is 0 Å². The molecule has 0 unspecified atom stereocenters. The average molecular weight is 505 g/mol. The van der Waals surface area contributed by atoms with E-state index in [1.165, 1.54) is 26.2 Å². The topological polar surface area (TPSA) is 86.8 Å². The number of anilines is 2. The van der Waals surface area contributed by atoms with Crippen LogP contribution >= 0.6 is 0 Å². The fraction of sp³-hybridized carbons (Fsp3) is 0.286. The molecular formula is C28H28N2O7. The first-order valence-corrected chi connectivity index (χ1v) is 11.9. The number of rotatable bonds is 8. The van der Waals surface area contributed by atoms with Gasteiger partial charge < -0.3 is 18.9 Å². The van der Waals surface area contributed by atoms with E-state index < -0.39 is 24.0 Å². The number of hydrogen-bond acceptors (Lipinski definition) is 8. The lowest BCUT2D eigenvalue weighted by Gasteiger charge is -2.30. The van der Waals surface area contributed by atoms with E-state index in [0.717, 1.165) is 0 Å². The van der Waals surface area contributed by atoms with Gasteiger partial charge in [-0.25, -0.2) is 9.96 Å². The molecule has 0 aromatic heterocycles. The summed E-state index contributed by atoms with van der Waals surface area (Å²) in [6.07, 6.45) is -1.02. The van der Waals surface area contributed by atoms with E-state index in [9.17, 15) is 9.59 Å². The molecule has 0 N–H and O–H groups in total. The molecule has 37 heavy (non-hydrogen) atoms. The van der Waals surface area contributed by atoms with Gasteiger partial charge in [0.1, 0.15) is 17.7 Å². The minimum absolute atomic E-state index is 0.371. The van der Waals surface area contributed by atoms with Crippen LogP contribution in [0.25, 0.3) is 0 Å². The van der Waals surface area contributed by atoms with Gasteiger partial charge in [-0.15, -0.1) is 0 Å². The maximum absolute atomic E-state index is 14.0. The van der Waals surface area contributed by atoms with Gasteiger partial charge in [-0.3, -0.25) is 14.4 Å². The summed E-state index contributed by atoms with van der Waals surface area (Å²) < 4.78 is 22.4. The van der Waals surface area contributed by atoms with Crippen LogP contribution < -0.4 is 28.9 Å². The Morgan fingerprint density at radius 2 is 1.54 bits per heavy atom. The SMILES string of the molecule is CCOc1cccc(N2C(=O)[C@@H]3[C@@H](ON(c4ccccc4)[C@H]3c3ccc(OC)c(OC)c3OC)C2=O)c1. The first-order chi connectivity index (χ1) is 18.0. The van der Waals surface area contributed by atoms with Crippen molar-refractivity contribution in [2.75, 3.05) is 37.9 Å². The average Bonchev–Trinajstić information content (AvgIpc) is 3.43. The third-order valence-corrected chi connectivity index (χ3v) is 6.57. The molecule has 2 aliphatic heterocycles. The van der Waals surface area contributed by atoms with E-state index in [2.05, 4.69) is 0 Å². The van der Waals surface area contributed by atoms with Gasteiger partial charge in [-0.1, -0.05) is 24.3 Å². The van der Waals surface area contributed by atoms with E-state index >= 15 is 0 Å². The van der Waals surface area contributed by atoms with E-state index in [-0.39, 0.29) is 5.91 Å². The maximum atomic E-state index is 14.0. The highest BCUT2D eigenvalue weighted by molar-refractivity contribution is 6.24. The number of para-hydroxylation sites is 1. The summed E-state index contributed by atoms with van der Waals surface area (Å²) in [5.74, 6) is 0.188. The monoisotopic (exact) mass is 504 g/mol. The molecule has 192 valence electrons. The molecule has 5 rings (SSSR count). The summed E-state index contributed by atoms with van der Waals surface area (Å²) in [5.41, 5.74) is 1.76. The zero-order valence-electron chi connectivity index (χ0n) is 21.0. The molecule has 9 nitrogen and oxygen atoms in total. The Hall–Kier alpha value is -4.24. The summed E-state index contributed by atoms with van der Waals surface area (Å²) in [6, 6.07) is 19.1. The van der Waals surface area contributed by atoms with Crippen molar-refractivity contribution < 1.29 is 33.4 Å². The second kappa shape index (κ2) is 10.0. The number of fused-ring (bicyclic) bond motifs is 1. The molecule has 0 saturated carbocycles. The molecular weight excluding hydrogens is 476 g/mol. The summed E-state index contributed by atoms with van der Waals surface area (Å²) in [7, 11) is 4.58. The van der Waals surface area contributed by atoms with Crippen molar-refractivity contribution in [2.24, 2.45) is 5.92 Å². The number of carbonyl (C=O) groups excluding carboxylic acids is 2. The van der Waals surface area contributed by atoms with Crippen LogP contribution in [0.1, 0.15) is 18.5 Å². The van der Waals surface area contributed by atoms with Gasteiger partial charge in [0.25, 0.3) is 5.91 Å². The van der Waals surface area contributed by atoms with Crippen LogP contribution in [-0.2, 0) is 14.4 Å². The number of imide groups is 1. The number of hydrogen-bond donors (Lipinski definition) is 0. The summed E-state index contributed by atoms with van der Waals surface area (Å²) in [6.45, 7) is 2.34.